The lowest BCUT2D eigenvalue weighted by Gasteiger charge is -2.35. The fraction of sp³-hybridized carbons (Fsp3) is 0. The predicted molar refractivity (Wildman–Crippen MR) is 228 cm³/mol. The number of fused-ring (bicyclic) bond motifs is 4. The highest BCUT2D eigenvalue weighted by Crippen LogP contribution is 2.54. The molecule has 0 saturated carbocycles. The number of benzene rings is 9. The van der Waals surface area contributed by atoms with Crippen LogP contribution in [0.2, 0.25) is 0 Å². The molecule has 256 valence electrons. The van der Waals surface area contributed by atoms with Gasteiger partial charge in [-0.3, -0.25) is 0 Å². The van der Waals surface area contributed by atoms with Crippen LogP contribution in [0.3, 0.4) is 0 Å². The van der Waals surface area contributed by atoms with Crippen LogP contribution >= 0.6 is 0 Å². The molecule has 0 amide bonds. The van der Waals surface area contributed by atoms with Crippen LogP contribution in [-0.2, 0) is 0 Å². The zero-order valence-corrected chi connectivity index (χ0v) is 29.8. The maximum absolute atomic E-state index is 5.32. The van der Waals surface area contributed by atoms with Gasteiger partial charge in [-0.2, -0.15) is 0 Å². The van der Waals surface area contributed by atoms with Crippen molar-refractivity contribution in [3.63, 3.8) is 0 Å². The number of nitrogens with zero attached hydrogens (tertiary/aromatic N) is 4. The third kappa shape index (κ3) is 5.19. The first-order chi connectivity index (χ1) is 27.3. The van der Waals surface area contributed by atoms with Crippen molar-refractivity contribution in [3.8, 4) is 56.4 Å². The van der Waals surface area contributed by atoms with E-state index in [1.54, 1.807) is 0 Å². The highest BCUT2D eigenvalue weighted by molar-refractivity contribution is 6.19. The van der Waals surface area contributed by atoms with Gasteiger partial charge in [0.15, 0.2) is 17.5 Å². The fourth-order valence-electron chi connectivity index (χ4n) is 8.24. The minimum absolute atomic E-state index is 0.630. The molecule has 0 aliphatic carbocycles. The van der Waals surface area contributed by atoms with Gasteiger partial charge in [0, 0.05) is 33.3 Å². The summed E-state index contributed by atoms with van der Waals surface area (Å²) in [6.45, 7) is 0. The number of aromatic nitrogens is 3. The Bertz CT molecular complexity index is 3000. The molecule has 0 atom stereocenters. The third-order valence-electron chi connectivity index (χ3n) is 10.8. The Kier molecular flexibility index (Phi) is 7.14. The van der Waals surface area contributed by atoms with Crippen molar-refractivity contribution >= 4 is 49.4 Å². The Labute approximate surface area is 318 Å². The zero-order chi connectivity index (χ0) is 36.3. The normalized spacial score (nSPS) is 12.0. The third-order valence-corrected chi connectivity index (χ3v) is 10.8. The van der Waals surface area contributed by atoms with Gasteiger partial charge in [0.05, 0.1) is 11.4 Å². The maximum Gasteiger partial charge on any atom is 0.164 e. The summed E-state index contributed by atoms with van der Waals surface area (Å²) in [6.07, 6.45) is 0. The van der Waals surface area contributed by atoms with E-state index in [0.29, 0.717) is 17.5 Å². The summed E-state index contributed by atoms with van der Waals surface area (Å²) in [5.74, 6) is 1.90. The first-order valence-electron chi connectivity index (χ1n) is 18.6. The van der Waals surface area contributed by atoms with E-state index in [-0.39, 0.29) is 0 Å². The van der Waals surface area contributed by atoms with E-state index >= 15 is 0 Å². The van der Waals surface area contributed by atoms with Crippen molar-refractivity contribution in [2.75, 3.05) is 4.90 Å². The molecule has 0 bridgehead atoms. The lowest BCUT2D eigenvalue weighted by atomic mass is 9.85. The Morgan fingerprint density at radius 2 is 0.891 bits per heavy atom. The average Bonchev–Trinajstić information content (AvgIpc) is 3.26. The molecule has 1 aromatic heterocycles. The number of para-hydroxylation sites is 1. The molecular weight excluding hydrogens is 669 g/mol. The summed E-state index contributed by atoms with van der Waals surface area (Å²) in [5, 5.41) is 7.04. The second-order valence-corrected chi connectivity index (χ2v) is 14.0. The number of anilines is 3. The second kappa shape index (κ2) is 12.6. The zero-order valence-electron chi connectivity index (χ0n) is 29.8. The molecule has 0 unspecified atom stereocenters. The number of hydrogen-bond acceptors (Lipinski definition) is 4. The molecule has 4 nitrogen and oxygen atoms in total. The fourth-order valence-corrected chi connectivity index (χ4v) is 8.24. The highest BCUT2D eigenvalue weighted by Gasteiger charge is 2.30. The monoisotopic (exact) mass is 700 g/mol. The van der Waals surface area contributed by atoms with E-state index in [1.807, 2.05) is 0 Å². The van der Waals surface area contributed by atoms with Crippen LogP contribution in [0.5, 0.6) is 0 Å². The quantitative estimate of drug-likeness (QED) is 0.179. The minimum atomic E-state index is 0.630. The van der Waals surface area contributed by atoms with Crippen LogP contribution in [0.4, 0.5) is 17.1 Å². The molecule has 10 aromatic rings. The van der Waals surface area contributed by atoms with Crippen molar-refractivity contribution < 1.29 is 0 Å². The molecule has 0 fully saturated rings. The molecule has 0 N–H and O–H groups in total. The van der Waals surface area contributed by atoms with Gasteiger partial charge < -0.3 is 4.90 Å². The number of rotatable bonds is 5. The average molecular weight is 701 g/mol. The Balaban J connectivity index is 1.20. The van der Waals surface area contributed by atoms with Crippen molar-refractivity contribution in [1.29, 1.82) is 0 Å². The van der Waals surface area contributed by atoms with Crippen molar-refractivity contribution in [2.24, 2.45) is 0 Å². The molecular formula is C51H32N4. The molecule has 0 radical (unpaired) electrons. The summed E-state index contributed by atoms with van der Waals surface area (Å²) in [6, 6.07) is 68.7. The topological polar surface area (TPSA) is 41.9 Å². The minimum Gasteiger partial charge on any atom is -0.309 e. The van der Waals surface area contributed by atoms with E-state index < -0.39 is 0 Å². The van der Waals surface area contributed by atoms with Crippen molar-refractivity contribution in [3.05, 3.63) is 194 Å². The van der Waals surface area contributed by atoms with Gasteiger partial charge in [0.1, 0.15) is 0 Å². The van der Waals surface area contributed by atoms with E-state index in [2.05, 4.69) is 199 Å². The van der Waals surface area contributed by atoms with Gasteiger partial charge in [-0.15, -0.1) is 0 Å². The smallest absolute Gasteiger partial charge is 0.164 e. The summed E-state index contributed by atoms with van der Waals surface area (Å²) in [4.78, 5) is 18.2. The summed E-state index contributed by atoms with van der Waals surface area (Å²) in [7, 11) is 0. The first-order valence-corrected chi connectivity index (χ1v) is 18.6. The second-order valence-electron chi connectivity index (χ2n) is 14.0. The molecule has 2 heterocycles. The molecule has 0 saturated heterocycles. The van der Waals surface area contributed by atoms with Gasteiger partial charge in [0.25, 0.3) is 0 Å². The molecule has 55 heavy (non-hydrogen) atoms. The maximum atomic E-state index is 5.32. The van der Waals surface area contributed by atoms with Crippen molar-refractivity contribution in [2.45, 2.75) is 0 Å². The van der Waals surface area contributed by atoms with E-state index in [9.17, 15) is 0 Å². The molecule has 9 aromatic carbocycles. The van der Waals surface area contributed by atoms with Crippen LogP contribution in [0.1, 0.15) is 0 Å². The van der Waals surface area contributed by atoms with E-state index in [1.165, 1.54) is 32.7 Å². The summed E-state index contributed by atoms with van der Waals surface area (Å²) < 4.78 is 0. The summed E-state index contributed by atoms with van der Waals surface area (Å²) in [5.41, 5.74) is 10.8. The Hall–Kier alpha value is -7.43. The summed E-state index contributed by atoms with van der Waals surface area (Å²) >= 11 is 0. The van der Waals surface area contributed by atoms with Crippen molar-refractivity contribution in [1.82, 2.24) is 15.0 Å². The predicted octanol–water partition coefficient (Wildman–Crippen LogP) is 13.4. The first kappa shape index (κ1) is 31.1. The van der Waals surface area contributed by atoms with Crippen LogP contribution in [0.15, 0.2) is 194 Å². The molecule has 1 aliphatic heterocycles. The van der Waals surface area contributed by atoms with Crippen LogP contribution in [0, 0.1) is 0 Å². The van der Waals surface area contributed by atoms with Crippen LogP contribution < -0.4 is 4.90 Å². The largest absolute Gasteiger partial charge is 0.309 e. The Morgan fingerprint density at radius 1 is 0.327 bits per heavy atom. The van der Waals surface area contributed by atoms with E-state index in [4.69, 9.17) is 15.0 Å². The van der Waals surface area contributed by atoms with Crippen LogP contribution in [-0.4, -0.2) is 15.0 Å². The standard InChI is InChI=1S/C51H32N4/c1-3-15-35(16-4-1)41-29-30-46-47-42(41)21-11-22-43(47)48-44(23-12-24-45(48)55(46)40-19-5-2-6-20-40)51-53-49(38-27-25-33-13-7-9-17-36(33)31-38)52-50(54-51)39-28-26-34-14-8-10-18-37(34)32-39/h1-32H. The van der Waals surface area contributed by atoms with Gasteiger partial charge in [-0.25, -0.2) is 15.0 Å². The van der Waals surface area contributed by atoms with E-state index in [0.717, 1.165) is 55.7 Å². The SMILES string of the molecule is c1ccc(-c2ccc3c4c(cccc24)-c2c(-c4nc(-c5ccc6ccccc6c5)nc(-c5ccc6ccccc6c5)n4)cccc2N3c2ccccc2)cc1. The molecule has 4 heteroatoms. The van der Waals surface area contributed by atoms with Gasteiger partial charge >= 0.3 is 0 Å². The lowest BCUT2D eigenvalue weighted by Crippen LogP contribution is -2.16. The lowest BCUT2D eigenvalue weighted by molar-refractivity contribution is 1.07. The van der Waals surface area contributed by atoms with Gasteiger partial charge in [0.2, 0.25) is 0 Å². The molecule has 11 rings (SSSR count). The molecule has 1 aliphatic rings. The highest BCUT2D eigenvalue weighted by atomic mass is 15.2. The molecule has 0 spiro atoms. The van der Waals surface area contributed by atoms with Gasteiger partial charge in [-0.1, -0.05) is 158 Å². The van der Waals surface area contributed by atoms with Crippen LogP contribution in [0.25, 0.3) is 88.7 Å². The van der Waals surface area contributed by atoms with Gasteiger partial charge in [-0.05, 0) is 80.0 Å². The Morgan fingerprint density at radius 3 is 1.56 bits per heavy atom. The number of hydrogen-bond donors (Lipinski definition) is 0.